The highest BCUT2D eigenvalue weighted by molar-refractivity contribution is 7.63. The molecule has 0 saturated heterocycles. The molecule has 0 radical (unpaired) electrons. The summed E-state index contributed by atoms with van der Waals surface area (Å²) in [6.07, 6.45) is 0.251. The van der Waals surface area contributed by atoms with E-state index >= 15 is 0 Å². The first-order chi connectivity index (χ1) is 4.88. The third-order valence-corrected chi connectivity index (χ3v) is 4.06. The molecule has 0 saturated carbocycles. The predicted octanol–water partition coefficient (Wildman–Crippen LogP) is 1.56. The van der Waals surface area contributed by atoms with Crippen molar-refractivity contribution in [3.8, 4) is 0 Å². The maximum Gasteiger partial charge on any atom is 0.306 e. The van der Waals surface area contributed by atoms with Crippen LogP contribution in [-0.2, 0) is 14.1 Å². The van der Waals surface area contributed by atoms with E-state index in [-0.39, 0.29) is 18.0 Å². The molecule has 11 heavy (non-hydrogen) atoms. The predicted molar refractivity (Wildman–Crippen MR) is 45.5 cm³/mol. The first-order valence-electron chi connectivity index (χ1n) is 3.49. The van der Waals surface area contributed by atoms with Gasteiger partial charge in [-0.2, -0.15) is 0 Å². The fourth-order valence-electron chi connectivity index (χ4n) is 0.544. The summed E-state index contributed by atoms with van der Waals surface area (Å²) in [7, 11) is -0.786. The van der Waals surface area contributed by atoms with Gasteiger partial charge in [-0.15, -0.1) is 0 Å². The lowest BCUT2D eigenvalue weighted by molar-refractivity contribution is -0.140. The Labute approximate surface area is 67.5 Å². The molecule has 0 aromatic heterocycles. The van der Waals surface area contributed by atoms with Crippen molar-refractivity contribution in [3.63, 3.8) is 0 Å². The molecule has 0 amide bonds. The Balaban J connectivity index is 3.98. The van der Waals surface area contributed by atoms with Crippen molar-refractivity contribution in [2.24, 2.45) is 0 Å². The highest BCUT2D eigenvalue weighted by Gasteiger charge is 2.21. The topological polar surface area (TPSA) is 43.4 Å². The van der Waals surface area contributed by atoms with Gasteiger partial charge in [-0.25, -0.2) is 0 Å². The second kappa shape index (κ2) is 3.91. The van der Waals surface area contributed by atoms with Crippen LogP contribution in [0.1, 0.15) is 13.3 Å². The minimum atomic E-state index is -2.12. The van der Waals surface area contributed by atoms with Crippen LogP contribution in [0, 0.1) is 0 Å². The molecule has 4 heteroatoms. The fraction of sp³-hybridized carbons (Fsp3) is 0.857. The number of carbonyl (C=O) groups is 1. The Kier molecular flexibility index (Phi) is 3.81. The van der Waals surface area contributed by atoms with E-state index < -0.39 is 7.14 Å². The normalized spacial score (nSPS) is 14.2. The summed E-state index contributed by atoms with van der Waals surface area (Å²) in [5.74, 6) is -0.290. The van der Waals surface area contributed by atoms with E-state index in [1.807, 2.05) is 0 Å². The molecule has 0 N–H and O–H groups in total. The third-order valence-electron chi connectivity index (χ3n) is 1.75. The molecule has 3 nitrogen and oxygen atoms in total. The van der Waals surface area contributed by atoms with Gasteiger partial charge in [0.15, 0.2) is 0 Å². The van der Waals surface area contributed by atoms with Gasteiger partial charge in [0.25, 0.3) is 0 Å². The van der Waals surface area contributed by atoms with E-state index in [9.17, 15) is 9.36 Å². The Bertz CT molecular complexity index is 182. The van der Waals surface area contributed by atoms with Crippen LogP contribution in [0.5, 0.6) is 0 Å². The Morgan fingerprint density at radius 1 is 1.55 bits per heavy atom. The average molecular weight is 178 g/mol. The van der Waals surface area contributed by atoms with Crippen molar-refractivity contribution >= 4 is 13.1 Å². The SMILES string of the molecule is COC(=O)CC(C)P(C)(C)=O. The standard InChI is InChI=1S/C7H15O3P/c1-6(11(3,4)9)5-7(8)10-2/h6H,5H2,1-4H3. The summed E-state index contributed by atoms with van der Waals surface area (Å²) in [5, 5.41) is 0. The fourth-order valence-corrected chi connectivity index (χ4v) is 1.13. The van der Waals surface area contributed by atoms with Crippen LogP contribution >= 0.6 is 7.14 Å². The minimum Gasteiger partial charge on any atom is -0.469 e. The number of rotatable bonds is 3. The Morgan fingerprint density at radius 3 is 2.27 bits per heavy atom. The van der Waals surface area contributed by atoms with Gasteiger partial charge in [-0.3, -0.25) is 4.79 Å². The van der Waals surface area contributed by atoms with Gasteiger partial charge in [0.2, 0.25) is 0 Å². The van der Waals surface area contributed by atoms with Crippen LogP contribution in [0.2, 0.25) is 0 Å². The van der Waals surface area contributed by atoms with Crippen molar-refractivity contribution < 1.29 is 14.1 Å². The van der Waals surface area contributed by atoms with Crippen LogP contribution in [0.25, 0.3) is 0 Å². The number of hydrogen-bond acceptors (Lipinski definition) is 3. The lowest BCUT2D eigenvalue weighted by Gasteiger charge is -2.14. The van der Waals surface area contributed by atoms with Crippen LogP contribution < -0.4 is 0 Å². The molecule has 0 aliphatic heterocycles. The zero-order valence-electron chi connectivity index (χ0n) is 7.46. The summed E-state index contributed by atoms with van der Waals surface area (Å²) in [6.45, 7) is 5.17. The zero-order valence-corrected chi connectivity index (χ0v) is 8.35. The van der Waals surface area contributed by atoms with Gasteiger partial charge >= 0.3 is 5.97 Å². The van der Waals surface area contributed by atoms with Crippen LogP contribution in [0.4, 0.5) is 0 Å². The highest BCUT2D eigenvalue weighted by Crippen LogP contribution is 2.43. The van der Waals surface area contributed by atoms with E-state index in [2.05, 4.69) is 4.74 Å². The third kappa shape index (κ3) is 4.20. The number of hydrogen-bond donors (Lipinski definition) is 0. The number of carbonyl (C=O) groups excluding carboxylic acids is 1. The maximum absolute atomic E-state index is 11.4. The monoisotopic (exact) mass is 178 g/mol. The van der Waals surface area contributed by atoms with Crippen molar-refractivity contribution in [2.75, 3.05) is 20.4 Å². The van der Waals surface area contributed by atoms with Crippen molar-refractivity contribution in [1.29, 1.82) is 0 Å². The van der Waals surface area contributed by atoms with Crippen molar-refractivity contribution in [1.82, 2.24) is 0 Å². The lowest BCUT2D eigenvalue weighted by Crippen LogP contribution is -2.11. The molecule has 0 bridgehead atoms. The van der Waals surface area contributed by atoms with E-state index in [1.54, 1.807) is 20.3 Å². The second-order valence-electron chi connectivity index (χ2n) is 3.06. The first kappa shape index (κ1) is 10.7. The van der Waals surface area contributed by atoms with E-state index in [1.165, 1.54) is 7.11 Å². The van der Waals surface area contributed by atoms with Crippen LogP contribution in [-0.4, -0.2) is 32.1 Å². The molecule has 0 aliphatic rings. The molecule has 0 rings (SSSR count). The van der Waals surface area contributed by atoms with Crippen LogP contribution in [0.15, 0.2) is 0 Å². The second-order valence-corrected chi connectivity index (χ2v) is 6.81. The number of esters is 1. The van der Waals surface area contributed by atoms with Gasteiger partial charge in [-0.05, 0) is 13.3 Å². The summed E-state index contributed by atoms with van der Waals surface area (Å²) in [5.41, 5.74) is -0.0741. The van der Waals surface area contributed by atoms with E-state index in [0.717, 1.165) is 0 Å². The summed E-state index contributed by atoms with van der Waals surface area (Å²) in [4.78, 5) is 10.7. The minimum absolute atomic E-state index is 0.0741. The Morgan fingerprint density at radius 2 is 2.00 bits per heavy atom. The molecule has 0 aromatic rings. The molecule has 1 unspecified atom stereocenters. The molecule has 0 fully saturated rings. The van der Waals surface area contributed by atoms with Crippen LogP contribution in [0.3, 0.4) is 0 Å². The molecule has 1 atom stereocenters. The van der Waals surface area contributed by atoms with Gasteiger partial charge in [-0.1, -0.05) is 6.92 Å². The highest BCUT2D eigenvalue weighted by atomic mass is 31.2. The zero-order chi connectivity index (χ0) is 9.07. The van der Waals surface area contributed by atoms with Gasteiger partial charge in [0.1, 0.15) is 0 Å². The summed E-state index contributed by atoms with van der Waals surface area (Å²) in [6, 6.07) is 0. The molecular formula is C7H15O3P. The molecule has 0 aliphatic carbocycles. The smallest absolute Gasteiger partial charge is 0.306 e. The van der Waals surface area contributed by atoms with Crippen molar-refractivity contribution in [2.45, 2.75) is 19.0 Å². The first-order valence-corrected chi connectivity index (χ1v) is 6.16. The van der Waals surface area contributed by atoms with E-state index in [0.29, 0.717) is 0 Å². The Hall–Kier alpha value is -0.300. The quantitative estimate of drug-likeness (QED) is 0.486. The number of methoxy groups -OCH3 is 1. The number of ether oxygens (including phenoxy) is 1. The summed E-state index contributed by atoms with van der Waals surface area (Å²) >= 11 is 0. The van der Waals surface area contributed by atoms with Crippen molar-refractivity contribution in [3.05, 3.63) is 0 Å². The largest absolute Gasteiger partial charge is 0.469 e. The molecule has 0 heterocycles. The van der Waals surface area contributed by atoms with E-state index in [4.69, 9.17) is 0 Å². The maximum atomic E-state index is 11.4. The molecule has 0 aromatic carbocycles. The molecule has 0 spiro atoms. The molecular weight excluding hydrogens is 163 g/mol. The van der Waals surface area contributed by atoms with Gasteiger partial charge in [0, 0.05) is 5.66 Å². The lowest BCUT2D eigenvalue weighted by atomic mass is 10.3. The summed E-state index contributed by atoms with van der Waals surface area (Å²) < 4.78 is 15.8. The van der Waals surface area contributed by atoms with Gasteiger partial charge < -0.3 is 9.30 Å². The van der Waals surface area contributed by atoms with Gasteiger partial charge in [0.05, 0.1) is 20.7 Å². The average Bonchev–Trinajstić information content (AvgIpc) is 1.85. The molecule has 66 valence electrons.